The standard InChI is InChI=1S/C27H26ClFN8O4/c1-41-27(40)32-14-9-10-15-19(11-14)33-22(38)8-3-2-6-18(25-31-12-20(15)34-25)35-26(39)16-13-37(36-24(16)30)21-7-4-5-17(28)23(21)29/h4-5,7,9-13,18H,2-3,6,8H2,1H3,(H2,30,36)(H,31,34)(H,32,40)(H,33,38)(H,35,39). The van der Waals surface area contributed by atoms with E-state index >= 15 is 0 Å². The first-order valence-electron chi connectivity index (χ1n) is 12.7. The minimum Gasteiger partial charge on any atom is -0.453 e. The average Bonchev–Trinajstić information content (AvgIpc) is 3.58. The molecule has 1 aliphatic rings. The van der Waals surface area contributed by atoms with Gasteiger partial charge >= 0.3 is 6.09 Å². The van der Waals surface area contributed by atoms with Gasteiger partial charge in [-0.05, 0) is 43.2 Å². The zero-order valence-corrected chi connectivity index (χ0v) is 22.6. The number of aromatic amines is 1. The molecule has 1 aliphatic heterocycles. The van der Waals surface area contributed by atoms with Gasteiger partial charge in [-0.3, -0.25) is 14.9 Å². The van der Waals surface area contributed by atoms with E-state index in [0.29, 0.717) is 47.7 Å². The molecule has 6 N–H and O–H groups in total. The summed E-state index contributed by atoms with van der Waals surface area (Å²) in [5.74, 6) is -1.01. The number of nitrogen functional groups attached to an aromatic ring is 1. The van der Waals surface area contributed by atoms with Crippen LogP contribution in [0.2, 0.25) is 5.02 Å². The zero-order valence-electron chi connectivity index (χ0n) is 21.8. The van der Waals surface area contributed by atoms with Crippen LogP contribution in [0.25, 0.3) is 16.9 Å². The number of anilines is 3. The molecule has 2 aromatic carbocycles. The molecule has 3 heterocycles. The highest BCUT2D eigenvalue weighted by Gasteiger charge is 2.24. The molecule has 12 nitrogen and oxygen atoms in total. The first kappa shape index (κ1) is 27.6. The van der Waals surface area contributed by atoms with Crippen molar-refractivity contribution in [1.82, 2.24) is 25.1 Å². The third-order valence-electron chi connectivity index (χ3n) is 6.56. The number of aromatic nitrogens is 4. The number of halogens is 2. The van der Waals surface area contributed by atoms with Crippen LogP contribution in [0.1, 0.15) is 47.9 Å². The Morgan fingerprint density at radius 3 is 2.88 bits per heavy atom. The van der Waals surface area contributed by atoms with Crippen molar-refractivity contribution in [2.24, 2.45) is 0 Å². The second-order valence-electron chi connectivity index (χ2n) is 9.32. The summed E-state index contributed by atoms with van der Waals surface area (Å²) < 4.78 is 20.3. The quantitative estimate of drug-likeness (QED) is 0.231. The lowest BCUT2D eigenvalue weighted by atomic mass is 10.1. The molecule has 212 valence electrons. The van der Waals surface area contributed by atoms with Crippen molar-refractivity contribution in [2.45, 2.75) is 31.7 Å². The maximum absolute atomic E-state index is 14.5. The van der Waals surface area contributed by atoms with Gasteiger partial charge in [0, 0.05) is 23.9 Å². The highest BCUT2D eigenvalue weighted by atomic mass is 35.5. The van der Waals surface area contributed by atoms with Crippen LogP contribution >= 0.6 is 11.6 Å². The highest BCUT2D eigenvalue weighted by molar-refractivity contribution is 6.30. The van der Waals surface area contributed by atoms with Gasteiger partial charge in [-0.2, -0.15) is 0 Å². The van der Waals surface area contributed by atoms with E-state index in [1.165, 1.54) is 25.4 Å². The van der Waals surface area contributed by atoms with E-state index in [-0.39, 0.29) is 34.4 Å². The lowest BCUT2D eigenvalue weighted by Crippen LogP contribution is -2.29. The molecule has 0 radical (unpaired) electrons. The topological polar surface area (TPSA) is 169 Å². The number of fused-ring (bicyclic) bond motifs is 4. The molecule has 14 heteroatoms. The summed E-state index contributed by atoms with van der Waals surface area (Å²) in [5, 5.41) is 12.4. The molecule has 0 spiro atoms. The van der Waals surface area contributed by atoms with Gasteiger partial charge < -0.3 is 26.1 Å². The Kier molecular flexibility index (Phi) is 7.88. The number of carbonyl (C=O) groups excluding carboxylic acids is 3. The monoisotopic (exact) mass is 580 g/mol. The predicted octanol–water partition coefficient (Wildman–Crippen LogP) is 4.80. The van der Waals surface area contributed by atoms with Crippen molar-refractivity contribution < 1.29 is 23.5 Å². The van der Waals surface area contributed by atoms with Crippen LogP contribution in [-0.4, -0.2) is 44.8 Å². The Bertz CT molecular complexity index is 1640. The summed E-state index contributed by atoms with van der Waals surface area (Å²) in [6.45, 7) is 0. The predicted molar refractivity (Wildman–Crippen MR) is 150 cm³/mol. The van der Waals surface area contributed by atoms with Gasteiger partial charge in [-0.25, -0.2) is 18.9 Å². The number of H-pyrrole nitrogens is 1. The largest absolute Gasteiger partial charge is 0.453 e. The molecule has 0 fully saturated rings. The number of hydrogen-bond donors (Lipinski definition) is 5. The second-order valence-corrected chi connectivity index (χ2v) is 9.73. The van der Waals surface area contributed by atoms with Gasteiger partial charge in [0.2, 0.25) is 5.91 Å². The molecular weight excluding hydrogens is 555 g/mol. The van der Waals surface area contributed by atoms with Crippen molar-refractivity contribution in [2.75, 3.05) is 23.5 Å². The van der Waals surface area contributed by atoms with E-state index < -0.39 is 23.9 Å². The van der Waals surface area contributed by atoms with E-state index in [0.717, 1.165) is 4.68 Å². The summed E-state index contributed by atoms with van der Waals surface area (Å²) in [6, 6.07) is 8.90. The average molecular weight is 581 g/mol. The summed E-state index contributed by atoms with van der Waals surface area (Å²) in [6.07, 6.45) is 4.18. The fourth-order valence-electron chi connectivity index (χ4n) is 4.49. The zero-order chi connectivity index (χ0) is 29.1. The normalized spacial score (nSPS) is 15.1. The summed E-state index contributed by atoms with van der Waals surface area (Å²) in [5.41, 5.74) is 8.24. The smallest absolute Gasteiger partial charge is 0.411 e. The number of nitrogens with zero attached hydrogens (tertiary/aromatic N) is 3. The SMILES string of the molecule is COC(=O)Nc1ccc2c(c1)NC(=O)CCCCC(NC(=O)c1cn(-c3cccc(Cl)c3F)nc1N)c1ncc-2[nH]1. The molecular formula is C27H26ClFN8O4. The van der Waals surface area contributed by atoms with Gasteiger partial charge in [0.05, 0.1) is 35.8 Å². The van der Waals surface area contributed by atoms with E-state index in [9.17, 15) is 18.8 Å². The van der Waals surface area contributed by atoms with E-state index in [1.807, 2.05) is 0 Å². The molecule has 5 rings (SSSR count). The van der Waals surface area contributed by atoms with Crippen LogP contribution in [0.5, 0.6) is 0 Å². The number of hydrogen-bond acceptors (Lipinski definition) is 7. The molecule has 0 aliphatic carbocycles. The van der Waals surface area contributed by atoms with Gasteiger partial charge in [0.15, 0.2) is 11.6 Å². The minimum atomic E-state index is -0.691. The number of imidazole rings is 1. The van der Waals surface area contributed by atoms with Crippen LogP contribution in [0, 0.1) is 5.82 Å². The van der Waals surface area contributed by atoms with Crippen molar-refractivity contribution in [3.05, 3.63) is 71.0 Å². The highest BCUT2D eigenvalue weighted by Crippen LogP contribution is 2.32. The Balaban J connectivity index is 1.43. The third kappa shape index (κ3) is 5.99. The number of nitrogens with one attached hydrogen (secondary N) is 4. The number of rotatable bonds is 4. The maximum atomic E-state index is 14.5. The van der Waals surface area contributed by atoms with Crippen LogP contribution in [0.4, 0.5) is 26.4 Å². The van der Waals surface area contributed by atoms with Gasteiger partial charge in [-0.15, -0.1) is 5.10 Å². The first-order valence-corrected chi connectivity index (χ1v) is 13.1. The van der Waals surface area contributed by atoms with Crippen LogP contribution < -0.4 is 21.7 Å². The van der Waals surface area contributed by atoms with Crippen molar-refractivity contribution in [3.63, 3.8) is 0 Å². The molecule has 3 amide bonds. The van der Waals surface area contributed by atoms with E-state index in [2.05, 4.69) is 35.8 Å². The van der Waals surface area contributed by atoms with Crippen molar-refractivity contribution >= 4 is 46.7 Å². The molecule has 41 heavy (non-hydrogen) atoms. The van der Waals surface area contributed by atoms with Gasteiger partial charge in [-0.1, -0.05) is 24.1 Å². The number of nitrogens with two attached hydrogens (primary N) is 1. The molecule has 1 atom stereocenters. The van der Waals surface area contributed by atoms with Gasteiger partial charge in [0.1, 0.15) is 17.1 Å². The molecule has 2 bridgehead atoms. The molecule has 4 aromatic rings. The van der Waals surface area contributed by atoms with Crippen LogP contribution in [0.15, 0.2) is 48.8 Å². The summed E-state index contributed by atoms with van der Waals surface area (Å²) in [7, 11) is 1.26. The second kappa shape index (κ2) is 11.7. The summed E-state index contributed by atoms with van der Waals surface area (Å²) >= 11 is 5.89. The minimum absolute atomic E-state index is 0.0480. The number of methoxy groups -OCH3 is 1. The van der Waals surface area contributed by atoms with Crippen molar-refractivity contribution in [3.8, 4) is 16.9 Å². The fraction of sp³-hybridized carbons (Fsp3) is 0.222. The number of ether oxygens (including phenoxy) is 1. The van der Waals surface area contributed by atoms with Crippen LogP contribution in [0.3, 0.4) is 0 Å². The van der Waals surface area contributed by atoms with Crippen molar-refractivity contribution in [1.29, 1.82) is 0 Å². The maximum Gasteiger partial charge on any atom is 0.411 e. The summed E-state index contributed by atoms with van der Waals surface area (Å²) in [4.78, 5) is 45.4. The number of benzene rings is 2. The van der Waals surface area contributed by atoms with E-state index in [1.54, 1.807) is 30.5 Å². The van der Waals surface area contributed by atoms with Gasteiger partial charge in [0.25, 0.3) is 5.91 Å². The Labute approximate surface area is 238 Å². The molecule has 2 aromatic heterocycles. The Hall–Kier alpha value is -4.91. The lowest BCUT2D eigenvalue weighted by Gasteiger charge is -2.18. The molecule has 1 unspecified atom stereocenters. The van der Waals surface area contributed by atoms with E-state index in [4.69, 9.17) is 17.3 Å². The number of amides is 3. The Morgan fingerprint density at radius 1 is 1.24 bits per heavy atom. The lowest BCUT2D eigenvalue weighted by molar-refractivity contribution is -0.116. The third-order valence-corrected chi connectivity index (χ3v) is 6.85. The molecule has 0 saturated heterocycles. The first-order chi connectivity index (χ1) is 19.7. The van der Waals surface area contributed by atoms with Crippen LogP contribution in [-0.2, 0) is 9.53 Å². The molecule has 0 saturated carbocycles. The fourth-order valence-corrected chi connectivity index (χ4v) is 4.66. The number of carbonyl (C=O) groups is 3. The Morgan fingerprint density at radius 2 is 2.07 bits per heavy atom.